The highest BCUT2D eigenvalue weighted by Crippen LogP contribution is 2.16. The number of carbonyl (C=O) groups is 2. The Balaban J connectivity index is 2.28. The summed E-state index contributed by atoms with van der Waals surface area (Å²) in [5, 5.41) is 2.05. The van der Waals surface area contributed by atoms with Crippen LogP contribution in [0.15, 0.2) is 24.3 Å². The lowest BCUT2D eigenvalue weighted by Gasteiger charge is -2.25. The van der Waals surface area contributed by atoms with E-state index in [0.29, 0.717) is 11.1 Å². The molecule has 1 saturated heterocycles. The standard InChI is InChI=1S/C12H13N3O4S2/c13-12(20)9-4-2-1-3-8(9)7-21(18,19)15-5-10(16)14-11(17)6-15/h1-4H,5-7H2,(H2,13,20)(H,14,16,17). The third kappa shape index (κ3) is 3.63. The Morgan fingerprint density at radius 2 is 1.81 bits per heavy atom. The lowest BCUT2D eigenvalue weighted by Crippen LogP contribution is -2.53. The molecule has 2 amide bonds. The van der Waals surface area contributed by atoms with Crippen molar-refractivity contribution in [3.63, 3.8) is 0 Å². The minimum Gasteiger partial charge on any atom is -0.389 e. The zero-order valence-corrected chi connectivity index (χ0v) is 12.5. The van der Waals surface area contributed by atoms with E-state index in [4.69, 9.17) is 18.0 Å². The summed E-state index contributed by atoms with van der Waals surface area (Å²) in [5.41, 5.74) is 6.46. The van der Waals surface area contributed by atoms with Gasteiger partial charge in [0.05, 0.1) is 18.8 Å². The van der Waals surface area contributed by atoms with E-state index >= 15 is 0 Å². The van der Waals surface area contributed by atoms with E-state index in [1.54, 1.807) is 24.3 Å². The molecule has 0 radical (unpaired) electrons. The predicted molar refractivity (Wildman–Crippen MR) is 79.7 cm³/mol. The van der Waals surface area contributed by atoms with Crippen LogP contribution >= 0.6 is 12.2 Å². The largest absolute Gasteiger partial charge is 0.389 e. The highest BCUT2D eigenvalue weighted by Gasteiger charge is 2.32. The van der Waals surface area contributed by atoms with Crippen LogP contribution in [0, 0.1) is 0 Å². The van der Waals surface area contributed by atoms with Gasteiger partial charge in [0.1, 0.15) is 4.99 Å². The van der Waals surface area contributed by atoms with Crippen LogP contribution in [-0.2, 0) is 25.4 Å². The van der Waals surface area contributed by atoms with Crippen LogP contribution in [0.1, 0.15) is 11.1 Å². The molecule has 1 aliphatic heterocycles. The number of nitrogens with two attached hydrogens (primary N) is 1. The first-order valence-corrected chi connectivity index (χ1v) is 7.99. The van der Waals surface area contributed by atoms with Crippen molar-refractivity contribution in [1.82, 2.24) is 9.62 Å². The van der Waals surface area contributed by atoms with Crippen LogP contribution in [-0.4, -0.2) is 42.6 Å². The number of rotatable bonds is 4. The maximum atomic E-state index is 12.3. The van der Waals surface area contributed by atoms with Gasteiger partial charge in [-0.25, -0.2) is 8.42 Å². The highest BCUT2D eigenvalue weighted by molar-refractivity contribution is 7.88. The van der Waals surface area contributed by atoms with E-state index in [-0.39, 0.29) is 23.8 Å². The molecule has 9 heteroatoms. The first kappa shape index (κ1) is 15.5. The molecule has 0 bridgehead atoms. The number of hydrogen-bond donors (Lipinski definition) is 2. The SMILES string of the molecule is NC(=S)c1ccccc1CS(=O)(=O)N1CC(=O)NC(=O)C1. The second-order valence-electron chi connectivity index (χ2n) is 4.52. The van der Waals surface area contributed by atoms with Gasteiger partial charge in [0, 0.05) is 5.56 Å². The number of imide groups is 1. The third-order valence-electron chi connectivity index (χ3n) is 2.93. The summed E-state index contributed by atoms with van der Waals surface area (Å²) < 4.78 is 25.5. The number of nitrogens with zero attached hydrogens (tertiary/aromatic N) is 1. The summed E-state index contributed by atoms with van der Waals surface area (Å²) in [5.74, 6) is -1.66. The van der Waals surface area contributed by atoms with Crippen molar-refractivity contribution in [1.29, 1.82) is 0 Å². The van der Waals surface area contributed by atoms with Gasteiger partial charge in [-0.3, -0.25) is 14.9 Å². The summed E-state index contributed by atoms with van der Waals surface area (Å²) in [7, 11) is -3.82. The topological polar surface area (TPSA) is 110 Å². The van der Waals surface area contributed by atoms with Gasteiger partial charge in [-0.1, -0.05) is 36.5 Å². The number of thiocarbonyl (C=S) groups is 1. The molecule has 1 fully saturated rings. The first-order chi connectivity index (χ1) is 9.79. The predicted octanol–water partition coefficient (Wildman–Crippen LogP) is -0.891. The summed E-state index contributed by atoms with van der Waals surface area (Å²) in [6, 6.07) is 6.59. The fourth-order valence-corrected chi connectivity index (χ4v) is 3.64. The molecule has 0 unspecified atom stereocenters. The fraction of sp³-hybridized carbons (Fsp3) is 0.250. The van der Waals surface area contributed by atoms with Crippen LogP contribution in [0.4, 0.5) is 0 Å². The average molecular weight is 327 g/mol. The molecule has 1 heterocycles. The molecule has 0 aromatic heterocycles. The minimum atomic E-state index is -3.82. The van der Waals surface area contributed by atoms with Crippen LogP contribution in [0.3, 0.4) is 0 Å². The summed E-state index contributed by atoms with van der Waals surface area (Å²) in [6.45, 7) is -0.743. The number of sulfonamides is 1. The Morgan fingerprint density at radius 1 is 1.24 bits per heavy atom. The van der Waals surface area contributed by atoms with Gasteiger partial charge in [-0.15, -0.1) is 0 Å². The summed E-state index contributed by atoms with van der Waals surface area (Å²) in [4.78, 5) is 22.6. The molecule has 1 aromatic carbocycles. The summed E-state index contributed by atoms with van der Waals surface area (Å²) in [6.07, 6.45) is 0. The smallest absolute Gasteiger partial charge is 0.241 e. The van der Waals surface area contributed by atoms with E-state index in [1.807, 2.05) is 0 Å². The van der Waals surface area contributed by atoms with Crippen molar-refractivity contribution in [2.45, 2.75) is 5.75 Å². The Bertz CT molecular complexity index is 699. The molecule has 1 aromatic rings. The van der Waals surface area contributed by atoms with Crippen molar-refractivity contribution in [3.05, 3.63) is 35.4 Å². The second kappa shape index (κ2) is 5.88. The molecule has 2 rings (SSSR count). The Hall–Kier alpha value is -1.84. The lowest BCUT2D eigenvalue weighted by molar-refractivity contribution is -0.134. The number of amides is 2. The zero-order chi connectivity index (χ0) is 15.6. The van der Waals surface area contributed by atoms with Crippen LogP contribution in [0.2, 0.25) is 0 Å². The normalized spacial score (nSPS) is 16.6. The van der Waals surface area contributed by atoms with Gasteiger partial charge in [-0.05, 0) is 5.56 Å². The van der Waals surface area contributed by atoms with Gasteiger partial charge >= 0.3 is 0 Å². The van der Waals surface area contributed by atoms with Gasteiger partial charge in [0.15, 0.2) is 0 Å². The molecule has 0 atom stereocenters. The maximum absolute atomic E-state index is 12.3. The Kier molecular flexibility index (Phi) is 4.35. The number of carbonyl (C=O) groups excluding carboxylic acids is 2. The van der Waals surface area contributed by atoms with Crippen molar-refractivity contribution < 1.29 is 18.0 Å². The van der Waals surface area contributed by atoms with Crippen LogP contribution < -0.4 is 11.1 Å². The molecule has 0 aliphatic carbocycles. The van der Waals surface area contributed by atoms with Crippen molar-refractivity contribution in [2.75, 3.05) is 13.1 Å². The van der Waals surface area contributed by atoms with Crippen molar-refractivity contribution in [2.24, 2.45) is 5.73 Å². The van der Waals surface area contributed by atoms with Gasteiger partial charge in [0.25, 0.3) is 0 Å². The van der Waals surface area contributed by atoms with Gasteiger partial charge < -0.3 is 5.73 Å². The van der Waals surface area contributed by atoms with Crippen LogP contribution in [0.25, 0.3) is 0 Å². The van der Waals surface area contributed by atoms with E-state index in [2.05, 4.69) is 5.32 Å². The number of benzene rings is 1. The molecule has 0 spiro atoms. The second-order valence-corrected chi connectivity index (χ2v) is 6.93. The van der Waals surface area contributed by atoms with E-state index < -0.39 is 21.8 Å². The van der Waals surface area contributed by atoms with Gasteiger partial charge in [0.2, 0.25) is 21.8 Å². The van der Waals surface area contributed by atoms with Crippen molar-refractivity contribution >= 4 is 39.0 Å². The quantitative estimate of drug-likeness (QED) is 0.548. The Labute approximate surface area is 127 Å². The van der Waals surface area contributed by atoms with Crippen molar-refractivity contribution in [3.8, 4) is 0 Å². The molecule has 112 valence electrons. The molecule has 1 aliphatic rings. The number of piperazine rings is 1. The van der Waals surface area contributed by atoms with E-state index in [0.717, 1.165) is 4.31 Å². The monoisotopic (exact) mass is 327 g/mol. The van der Waals surface area contributed by atoms with Gasteiger partial charge in [-0.2, -0.15) is 4.31 Å². The van der Waals surface area contributed by atoms with Crippen LogP contribution in [0.5, 0.6) is 0 Å². The number of hydrogen-bond acceptors (Lipinski definition) is 5. The van der Waals surface area contributed by atoms with E-state index in [1.165, 1.54) is 0 Å². The summed E-state index contributed by atoms with van der Waals surface area (Å²) >= 11 is 4.88. The fourth-order valence-electron chi connectivity index (χ4n) is 1.98. The lowest BCUT2D eigenvalue weighted by atomic mass is 10.1. The minimum absolute atomic E-state index is 0.0910. The van der Waals surface area contributed by atoms with E-state index in [9.17, 15) is 18.0 Å². The highest BCUT2D eigenvalue weighted by atomic mass is 32.2. The molecule has 3 N–H and O–H groups in total. The molecular weight excluding hydrogens is 314 g/mol. The molecule has 7 nitrogen and oxygen atoms in total. The maximum Gasteiger partial charge on any atom is 0.241 e. The third-order valence-corrected chi connectivity index (χ3v) is 4.87. The zero-order valence-electron chi connectivity index (χ0n) is 10.9. The number of nitrogens with one attached hydrogen (secondary N) is 1. The molecule has 21 heavy (non-hydrogen) atoms. The molecular formula is C12H13N3O4S2. The first-order valence-electron chi connectivity index (χ1n) is 5.98. The average Bonchev–Trinajstić information content (AvgIpc) is 2.37. The molecule has 0 saturated carbocycles. The Morgan fingerprint density at radius 3 is 2.38 bits per heavy atom.